The molecule has 1 aromatic carbocycles. The normalized spacial score (nSPS) is 20.8. The maximum atomic E-state index is 13.7. The molecule has 0 amide bonds. The number of benzene rings is 1. The number of pyridine rings is 1. The van der Waals surface area contributed by atoms with Gasteiger partial charge in [-0.15, -0.1) is 10.2 Å². The fourth-order valence-electron chi connectivity index (χ4n) is 3.68. The SMILES string of the molecule is CC1CN(S(=O)N(Cc2ccc(-c3nnc(C(F)F)o3)cn2)c2ccccc2)CC(C)N1C. The van der Waals surface area contributed by atoms with Crippen LogP contribution in [0.5, 0.6) is 0 Å². The van der Waals surface area contributed by atoms with Gasteiger partial charge in [0.15, 0.2) is 11.2 Å². The van der Waals surface area contributed by atoms with E-state index in [1.807, 2.05) is 38.9 Å². The van der Waals surface area contributed by atoms with Crippen molar-refractivity contribution in [1.29, 1.82) is 0 Å². The number of hydrogen-bond donors (Lipinski definition) is 0. The standard InChI is InChI=1S/C22H26F2N6O2S/c1-15-12-29(13-16(2)28(15)3)33(31)30(19-7-5-4-6-8-19)14-18-10-9-17(11-25-18)21-26-27-22(32-21)20(23)24/h4-11,15-16,20H,12-14H2,1-3H3. The minimum absolute atomic E-state index is 0.0201. The summed E-state index contributed by atoms with van der Waals surface area (Å²) in [6.45, 7) is 5.94. The maximum Gasteiger partial charge on any atom is 0.314 e. The number of piperazine rings is 1. The Morgan fingerprint density at radius 1 is 1.12 bits per heavy atom. The highest BCUT2D eigenvalue weighted by molar-refractivity contribution is 7.84. The van der Waals surface area contributed by atoms with Gasteiger partial charge in [0.1, 0.15) is 0 Å². The van der Waals surface area contributed by atoms with Crippen LogP contribution < -0.4 is 4.31 Å². The van der Waals surface area contributed by atoms with Crippen molar-refractivity contribution in [3.8, 4) is 11.5 Å². The molecule has 1 aliphatic heterocycles. The van der Waals surface area contributed by atoms with E-state index in [0.717, 1.165) is 5.69 Å². The van der Waals surface area contributed by atoms with Crippen LogP contribution >= 0.6 is 0 Å². The Morgan fingerprint density at radius 2 is 1.82 bits per heavy atom. The smallest absolute Gasteiger partial charge is 0.314 e. The third-order valence-corrected chi connectivity index (χ3v) is 7.24. The average Bonchev–Trinajstić information content (AvgIpc) is 3.32. The van der Waals surface area contributed by atoms with Gasteiger partial charge in [0, 0.05) is 31.4 Å². The van der Waals surface area contributed by atoms with E-state index in [9.17, 15) is 13.0 Å². The molecule has 8 nitrogen and oxygen atoms in total. The summed E-state index contributed by atoms with van der Waals surface area (Å²) in [6, 6.07) is 13.5. The first kappa shape index (κ1) is 23.4. The highest BCUT2D eigenvalue weighted by Crippen LogP contribution is 2.25. The molecule has 0 radical (unpaired) electrons. The second-order valence-electron chi connectivity index (χ2n) is 8.10. The van der Waals surface area contributed by atoms with Crippen molar-refractivity contribution in [2.24, 2.45) is 0 Å². The van der Waals surface area contributed by atoms with Gasteiger partial charge < -0.3 is 4.42 Å². The zero-order valence-corrected chi connectivity index (χ0v) is 19.5. The Hall–Kier alpha value is -2.76. The number of rotatable bonds is 7. The van der Waals surface area contributed by atoms with Crippen LogP contribution in [0.1, 0.15) is 31.9 Å². The Kier molecular flexibility index (Phi) is 7.11. The minimum Gasteiger partial charge on any atom is -0.415 e. The summed E-state index contributed by atoms with van der Waals surface area (Å²) >= 11 is -1.42. The van der Waals surface area contributed by atoms with Crippen molar-refractivity contribution < 1.29 is 17.4 Å². The van der Waals surface area contributed by atoms with Gasteiger partial charge in [-0.2, -0.15) is 8.78 Å². The third kappa shape index (κ3) is 5.26. The molecule has 11 heteroatoms. The molecule has 3 atom stereocenters. The first-order chi connectivity index (χ1) is 15.8. The van der Waals surface area contributed by atoms with Crippen molar-refractivity contribution in [2.75, 3.05) is 24.4 Å². The highest BCUT2D eigenvalue weighted by Gasteiger charge is 2.32. The lowest BCUT2D eigenvalue weighted by Crippen LogP contribution is -2.57. The van der Waals surface area contributed by atoms with E-state index in [0.29, 0.717) is 30.9 Å². The largest absolute Gasteiger partial charge is 0.415 e. The van der Waals surface area contributed by atoms with Crippen molar-refractivity contribution >= 4 is 16.9 Å². The first-order valence-electron chi connectivity index (χ1n) is 10.6. The zero-order valence-electron chi connectivity index (χ0n) is 18.6. The van der Waals surface area contributed by atoms with Gasteiger partial charge in [-0.05, 0) is 45.2 Å². The molecule has 1 aliphatic rings. The summed E-state index contributed by atoms with van der Waals surface area (Å²) in [5.74, 6) is -0.747. The summed E-state index contributed by atoms with van der Waals surface area (Å²) in [5, 5.41) is 6.99. The number of aromatic nitrogens is 3. The predicted molar refractivity (Wildman–Crippen MR) is 122 cm³/mol. The van der Waals surface area contributed by atoms with E-state index in [-0.39, 0.29) is 18.0 Å². The summed E-state index contributed by atoms with van der Waals surface area (Å²) in [4.78, 5) is 6.72. The molecule has 1 fully saturated rings. The quantitative estimate of drug-likeness (QED) is 0.518. The van der Waals surface area contributed by atoms with E-state index in [2.05, 4.69) is 41.0 Å². The lowest BCUT2D eigenvalue weighted by molar-refractivity contribution is 0.108. The van der Waals surface area contributed by atoms with E-state index < -0.39 is 23.5 Å². The van der Waals surface area contributed by atoms with Crippen molar-refractivity contribution in [1.82, 2.24) is 24.4 Å². The number of hydrogen-bond acceptors (Lipinski definition) is 6. The number of para-hydroxylation sites is 1. The molecule has 3 heterocycles. The monoisotopic (exact) mass is 476 g/mol. The molecule has 176 valence electrons. The van der Waals surface area contributed by atoms with Crippen LogP contribution in [0.15, 0.2) is 53.1 Å². The second kappa shape index (κ2) is 10.0. The molecule has 33 heavy (non-hydrogen) atoms. The Labute approximate surface area is 194 Å². The molecule has 3 unspecified atom stereocenters. The second-order valence-corrected chi connectivity index (χ2v) is 9.52. The number of anilines is 1. The number of alkyl halides is 2. The summed E-state index contributed by atoms with van der Waals surface area (Å²) in [5.41, 5.74) is 1.92. The zero-order chi connectivity index (χ0) is 23.5. The fourth-order valence-corrected chi connectivity index (χ4v) is 5.19. The summed E-state index contributed by atoms with van der Waals surface area (Å²) < 4.78 is 47.9. The molecule has 0 aliphatic carbocycles. The molecule has 4 rings (SSSR count). The summed E-state index contributed by atoms with van der Waals surface area (Å²) in [6.07, 6.45) is -1.34. The van der Waals surface area contributed by atoms with Crippen LogP contribution in [0.2, 0.25) is 0 Å². The maximum absolute atomic E-state index is 13.7. The van der Waals surface area contributed by atoms with Crippen molar-refractivity contribution in [2.45, 2.75) is 38.9 Å². The predicted octanol–water partition coefficient (Wildman–Crippen LogP) is 3.68. The summed E-state index contributed by atoms with van der Waals surface area (Å²) in [7, 11) is 2.09. The van der Waals surface area contributed by atoms with Crippen molar-refractivity contribution in [3.63, 3.8) is 0 Å². The van der Waals surface area contributed by atoms with Crippen LogP contribution in [0.25, 0.3) is 11.5 Å². The van der Waals surface area contributed by atoms with Gasteiger partial charge in [-0.1, -0.05) is 18.2 Å². The average molecular weight is 477 g/mol. The van der Waals surface area contributed by atoms with Crippen LogP contribution in [-0.2, 0) is 17.7 Å². The molecular weight excluding hydrogens is 450 g/mol. The molecule has 1 saturated heterocycles. The van der Waals surface area contributed by atoms with Crippen LogP contribution in [0, 0.1) is 0 Å². The van der Waals surface area contributed by atoms with Crippen LogP contribution in [0.3, 0.4) is 0 Å². The van der Waals surface area contributed by atoms with E-state index in [4.69, 9.17) is 4.42 Å². The first-order valence-corrected chi connectivity index (χ1v) is 11.7. The number of halogens is 2. The third-order valence-electron chi connectivity index (χ3n) is 5.78. The van der Waals surface area contributed by atoms with E-state index in [1.54, 1.807) is 12.1 Å². The molecule has 0 bridgehead atoms. The Bertz CT molecular complexity index is 1070. The Balaban J connectivity index is 1.55. The van der Waals surface area contributed by atoms with Gasteiger partial charge >= 0.3 is 6.43 Å². The van der Waals surface area contributed by atoms with Crippen LogP contribution in [-0.4, -0.2) is 60.8 Å². The lowest BCUT2D eigenvalue weighted by atomic mass is 10.1. The van der Waals surface area contributed by atoms with Gasteiger partial charge in [-0.25, -0.2) is 8.51 Å². The van der Waals surface area contributed by atoms with Gasteiger partial charge in [0.25, 0.3) is 5.89 Å². The molecule has 0 spiro atoms. The molecular formula is C22H26F2N6O2S. The number of likely N-dealkylation sites (N-methyl/N-ethyl adjacent to an activating group) is 1. The van der Waals surface area contributed by atoms with E-state index >= 15 is 0 Å². The molecule has 0 N–H and O–H groups in total. The fraction of sp³-hybridized carbons (Fsp3) is 0.409. The lowest BCUT2D eigenvalue weighted by Gasteiger charge is -2.43. The number of nitrogens with zero attached hydrogens (tertiary/aromatic N) is 6. The van der Waals surface area contributed by atoms with Gasteiger partial charge in [0.2, 0.25) is 5.89 Å². The van der Waals surface area contributed by atoms with E-state index in [1.165, 1.54) is 6.20 Å². The highest BCUT2D eigenvalue weighted by atomic mass is 32.2. The van der Waals surface area contributed by atoms with Crippen molar-refractivity contribution in [3.05, 3.63) is 60.2 Å². The Morgan fingerprint density at radius 3 is 2.39 bits per heavy atom. The van der Waals surface area contributed by atoms with Gasteiger partial charge in [0.05, 0.1) is 23.5 Å². The minimum atomic E-state index is -2.83. The molecule has 2 aromatic heterocycles. The molecule has 0 saturated carbocycles. The van der Waals surface area contributed by atoms with Crippen LogP contribution in [0.4, 0.5) is 14.5 Å². The van der Waals surface area contributed by atoms with Gasteiger partial charge in [-0.3, -0.25) is 14.2 Å². The molecule has 3 aromatic rings. The topological polar surface area (TPSA) is 78.6 Å².